The van der Waals surface area contributed by atoms with E-state index < -0.39 is 5.41 Å². The van der Waals surface area contributed by atoms with Crippen LogP contribution in [-0.2, 0) is 14.3 Å². The van der Waals surface area contributed by atoms with Gasteiger partial charge in [-0.3, -0.25) is 9.59 Å². The summed E-state index contributed by atoms with van der Waals surface area (Å²) in [6, 6.07) is 0. The maximum Gasteiger partial charge on any atom is 0.320 e. The highest BCUT2D eigenvalue weighted by Gasteiger charge is 2.90. The van der Waals surface area contributed by atoms with E-state index in [0.29, 0.717) is 13.0 Å². The van der Waals surface area contributed by atoms with Gasteiger partial charge in [-0.25, -0.2) is 0 Å². The smallest absolute Gasteiger partial charge is 0.320 e. The average molecular weight is 264 g/mol. The number of rotatable bonds is 2. The van der Waals surface area contributed by atoms with E-state index in [9.17, 15) is 9.59 Å². The molecule has 3 rings (SSSR count). The summed E-state index contributed by atoms with van der Waals surface area (Å²) in [6.45, 7) is 8.88. The molecule has 0 radical (unpaired) electrons. The number of hydrogen-bond donors (Lipinski definition) is 0. The van der Waals surface area contributed by atoms with Crippen molar-refractivity contribution in [2.75, 3.05) is 6.61 Å². The molecule has 19 heavy (non-hydrogen) atoms. The van der Waals surface area contributed by atoms with Crippen molar-refractivity contribution in [3.8, 4) is 0 Å². The Morgan fingerprint density at radius 2 is 1.95 bits per heavy atom. The largest absolute Gasteiger partial charge is 0.465 e. The topological polar surface area (TPSA) is 43.4 Å². The van der Waals surface area contributed by atoms with Crippen LogP contribution in [0.4, 0.5) is 0 Å². The predicted octanol–water partition coefficient (Wildman–Crippen LogP) is 3.12. The Hall–Kier alpha value is -0.860. The molecule has 1 spiro atoms. The second-order valence-corrected chi connectivity index (χ2v) is 7.61. The van der Waals surface area contributed by atoms with Gasteiger partial charge < -0.3 is 4.74 Å². The van der Waals surface area contributed by atoms with E-state index in [2.05, 4.69) is 20.8 Å². The number of ketones is 1. The number of ether oxygens (including phenoxy) is 1. The lowest BCUT2D eigenvalue weighted by atomic mass is 9.53. The highest BCUT2D eigenvalue weighted by Crippen LogP contribution is 2.87. The summed E-state index contributed by atoms with van der Waals surface area (Å²) >= 11 is 0. The van der Waals surface area contributed by atoms with Crippen molar-refractivity contribution >= 4 is 11.8 Å². The molecule has 0 amide bonds. The molecule has 0 aromatic carbocycles. The van der Waals surface area contributed by atoms with E-state index in [1.54, 1.807) is 0 Å². The van der Waals surface area contributed by atoms with Crippen molar-refractivity contribution < 1.29 is 14.3 Å². The highest BCUT2D eigenvalue weighted by atomic mass is 16.5. The molecule has 0 bridgehead atoms. The van der Waals surface area contributed by atoms with Crippen LogP contribution in [0.1, 0.15) is 59.8 Å². The van der Waals surface area contributed by atoms with Gasteiger partial charge in [0.05, 0.1) is 6.61 Å². The first-order chi connectivity index (χ1) is 8.77. The monoisotopic (exact) mass is 264 g/mol. The quantitative estimate of drug-likeness (QED) is 0.568. The SMILES string of the molecule is CCOC(=O)[C@]12C[C@]13C(C)(C)CCC[C@]3(C)CC2=O. The second-order valence-electron chi connectivity index (χ2n) is 7.61. The average Bonchev–Trinajstić information content (AvgIpc) is 2.96. The minimum atomic E-state index is -0.804. The molecule has 0 aromatic rings. The van der Waals surface area contributed by atoms with Gasteiger partial charge in [0.25, 0.3) is 0 Å². The van der Waals surface area contributed by atoms with E-state index >= 15 is 0 Å². The third kappa shape index (κ3) is 1.16. The fourth-order valence-electron chi connectivity index (χ4n) is 5.76. The van der Waals surface area contributed by atoms with Gasteiger partial charge in [0.2, 0.25) is 0 Å². The van der Waals surface area contributed by atoms with Crippen LogP contribution < -0.4 is 0 Å². The molecule has 0 heterocycles. The van der Waals surface area contributed by atoms with Crippen LogP contribution in [0.3, 0.4) is 0 Å². The maximum absolute atomic E-state index is 12.6. The molecule has 106 valence electrons. The predicted molar refractivity (Wildman–Crippen MR) is 71.5 cm³/mol. The summed E-state index contributed by atoms with van der Waals surface area (Å²) in [5.74, 6) is -0.109. The lowest BCUT2D eigenvalue weighted by Crippen LogP contribution is -2.45. The van der Waals surface area contributed by atoms with Crippen LogP contribution in [0.2, 0.25) is 0 Å². The molecule has 0 saturated heterocycles. The minimum absolute atomic E-state index is 0.00139. The molecule has 0 unspecified atom stereocenters. The van der Waals surface area contributed by atoms with Gasteiger partial charge in [-0.05, 0) is 37.0 Å². The Morgan fingerprint density at radius 3 is 2.58 bits per heavy atom. The van der Waals surface area contributed by atoms with Crippen molar-refractivity contribution in [1.29, 1.82) is 0 Å². The molecule has 3 aliphatic rings. The van der Waals surface area contributed by atoms with Crippen LogP contribution >= 0.6 is 0 Å². The Kier molecular flexibility index (Phi) is 2.36. The molecule has 3 fully saturated rings. The van der Waals surface area contributed by atoms with Gasteiger partial charge in [0.1, 0.15) is 5.41 Å². The lowest BCUT2D eigenvalue weighted by Gasteiger charge is -2.50. The number of esters is 1. The van der Waals surface area contributed by atoms with Gasteiger partial charge >= 0.3 is 5.97 Å². The van der Waals surface area contributed by atoms with Crippen molar-refractivity contribution in [3.05, 3.63) is 0 Å². The molecule has 0 aromatic heterocycles. The van der Waals surface area contributed by atoms with Gasteiger partial charge in [-0.15, -0.1) is 0 Å². The van der Waals surface area contributed by atoms with E-state index in [1.165, 1.54) is 0 Å². The van der Waals surface area contributed by atoms with Gasteiger partial charge in [-0.1, -0.05) is 27.2 Å². The summed E-state index contributed by atoms with van der Waals surface area (Å²) in [5, 5.41) is 0. The van der Waals surface area contributed by atoms with Crippen LogP contribution in [0.15, 0.2) is 0 Å². The molecule has 3 heteroatoms. The Morgan fingerprint density at radius 1 is 1.26 bits per heavy atom. The molecule has 3 aliphatic carbocycles. The summed E-state index contributed by atoms with van der Waals surface area (Å²) in [7, 11) is 0. The number of Topliss-reactive ketones (excluding diaryl/α,β-unsaturated/α-hetero) is 1. The molecular formula is C16H24O3. The summed E-state index contributed by atoms with van der Waals surface area (Å²) in [4.78, 5) is 25.1. The standard InChI is InChI=1S/C16H24O3/c1-5-19-12(18)15-10-16(15)13(2,3)7-6-8-14(16,4)9-11(15)17/h5-10H2,1-4H3/t14-,15-,16-/m1/s1. The van der Waals surface area contributed by atoms with Crippen molar-refractivity contribution in [2.45, 2.75) is 59.8 Å². The van der Waals surface area contributed by atoms with E-state index in [4.69, 9.17) is 4.74 Å². The number of carbonyl (C=O) groups excluding carboxylic acids is 2. The Labute approximate surface area is 115 Å². The van der Waals surface area contributed by atoms with Crippen molar-refractivity contribution in [3.63, 3.8) is 0 Å². The fraction of sp³-hybridized carbons (Fsp3) is 0.875. The summed E-state index contributed by atoms with van der Waals surface area (Å²) < 4.78 is 5.26. The normalized spacial score (nSPS) is 46.4. The summed E-state index contributed by atoms with van der Waals surface area (Å²) in [6.07, 6.45) is 4.63. The molecule has 0 aliphatic heterocycles. The van der Waals surface area contributed by atoms with Crippen molar-refractivity contribution in [2.24, 2.45) is 21.7 Å². The van der Waals surface area contributed by atoms with Crippen LogP contribution in [0.5, 0.6) is 0 Å². The minimum Gasteiger partial charge on any atom is -0.465 e. The first-order valence-electron chi connectivity index (χ1n) is 7.48. The van der Waals surface area contributed by atoms with Gasteiger partial charge in [0, 0.05) is 11.8 Å². The molecule has 0 N–H and O–H groups in total. The first-order valence-corrected chi connectivity index (χ1v) is 7.48. The summed E-state index contributed by atoms with van der Waals surface area (Å²) in [5.41, 5.74) is -0.895. The Bertz CT molecular complexity index is 457. The lowest BCUT2D eigenvalue weighted by molar-refractivity contribution is -0.156. The zero-order chi connectivity index (χ0) is 14.1. The molecule has 3 atom stereocenters. The zero-order valence-corrected chi connectivity index (χ0v) is 12.5. The van der Waals surface area contributed by atoms with E-state index in [1.807, 2.05) is 6.92 Å². The third-order valence-corrected chi connectivity index (χ3v) is 6.50. The number of hydrogen-bond acceptors (Lipinski definition) is 3. The second kappa shape index (κ2) is 3.42. The van der Waals surface area contributed by atoms with Gasteiger partial charge in [-0.2, -0.15) is 0 Å². The van der Waals surface area contributed by atoms with Crippen LogP contribution in [0, 0.1) is 21.7 Å². The van der Waals surface area contributed by atoms with Crippen LogP contribution in [0.25, 0.3) is 0 Å². The first kappa shape index (κ1) is 13.1. The zero-order valence-electron chi connectivity index (χ0n) is 12.5. The van der Waals surface area contributed by atoms with E-state index in [0.717, 1.165) is 25.7 Å². The highest BCUT2D eigenvalue weighted by molar-refractivity contribution is 6.11. The van der Waals surface area contributed by atoms with Crippen LogP contribution in [-0.4, -0.2) is 18.4 Å². The molecule has 3 saturated carbocycles. The number of carbonyl (C=O) groups is 2. The third-order valence-electron chi connectivity index (χ3n) is 6.50. The Balaban J connectivity index is 2.10. The van der Waals surface area contributed by atoms with Gasteiger partial charge in [0.15, 0.2) is 5.78 Å². The van der Waals surface area contributed by atoms with Crippen molar-refractivity contribution in [1.82, 2.24) is 0 Å². The molecular weight excluding hydrogens is 240 g/mol. The molecule has 3 nitrogen and oxygen atoms in total. The fourth-order valence-corrected chi connectivity index (χ4v) is 5.76. The van der Waals surface area contributed by atoms with E-state index in [-0.39, 0.29) is 28.0 Å². The maximum atomic E-state index is 12.6.